The van der Waals surface area contributed by atoms with Gasteiger partial charge in [-0.2, -0.15) is 5.26 Å². The van der Waals surface area contributed by atoms with Crippen molar-refractivity contribution < 1.29 is 0 Å². The average Bonchev–Trinajstić information content (AvgIpc) is 3.06. The van der Waals surface area contributed by atoms with Gasteiger partial charge in [0.05, 0.1) is 5.69 Å². The van der Waals surface area contributed by atoms with Gasteiger partial charge in [-0.05, 0) is 37.0 Å². The molecule has 0 N–H and O–H groups in total. The van der Waals surface area contributed by atoms with Gasteiger partial charge in [-0.3, -0.25) is 0 Å². The number of rotatable bonds is 4. The van der Waals surface area contributed by atoms with Gasteiger partial charge in [-0.15, -0.1) is 15.0 Å². The van der Waals surface area contributed by atoms with Gasteiger partial charge < -0.3 is 4.90 Å². The monoisotopic (exact) mass is 309 g/mol. The Labute approximate surface area is 137 Å². The molecule has 120 valence electrons. The number of nitrogens with zero attached hydrogens (tertiary/aromatic N) is 5. The fourth-order valence-electron chi connectivity index (χ4n) is 3.23. The lowest BCUT2D eigenvalue weighted by Crippen LogP contribution is -2.34. The van der Waals surface area contributed by atoms with Gasteiger partial charge in [0.25, 0.3) is 0 Å². The summed E-state index contributed by atoms with van der Waals surface area (Å²) in [5.41, 5.74) is 2.57. The van der Waals surface area contributed by atoms with Crippen LogP contribution in [0.2, 0.25) is 0 Å². The van der Waals surface area contributed by atoms with Crippen LogP contribution in [0.5, 0.6) is 0 Å². The van der Waals surface area contributed by atoms with Crippen LogP contribution in [-0.4, -0.2) is 28.1 Å². The Kier molecular flexibility index (Phi) is 4.61. The predicted molar refractivity (Wildman–Crippen MR) is 90.7 cm³/mol. The number of hydrogen-bond donors (Lipinski definition) is 0. The topological polar surface area (TPSA) is 57.7 Å². The van der Waals surface area contributed by atoms with Crippen LogP contribution in [0.15, 0.2) is 24.3 Å². The summed E-state index contributed by atoms with van der Waals surface area (Å²) < 4.78 is 0. The normalized spacial score (nSPS) is 15.3. The third-order valence-electron chi connectivity index (χ3n) is 4.73. The van der Waals surface area contributed by atoms with E-state index in [4.69, 9.17) is 0 Å². The molecule has 1 fully saturated rings. The first kappa shape index (κ1) is 15.5. The summed E-state index contributed by atoms with van der Waals surface area (Å²) in [6.07, 6.45) is 7.16. The first-order valence-corrected chi connectivity index (χ1v) is 8.42. The van der Waals surface area contributed by atoms with E-state index in [0.29, 0.717) is 17.6 Å². The fraction of sp³-hybridized carbons (Fsp3) is 0.500. The maximum Gasteiger partial charge on any atom is 0.207 e. The summed E-state index contributed by atoms with van der Waals surface area (Å²) in [6.45, 7) is 2.13. The second kappa shape index (κ2) is 6.82. The lowest BCUT2D eigenvalue weighted by atomic mass is 9.94. The molecule has 0 aliphatic heterocycles. The molecule has 3 rings (SSSR count). The summed E-state index contributed by atoms with van der Waals surface area (Å²) in [5.74, 6) is 0.693. The smallest absolute Gasteiger partial charge is 0.207 e. The van der Waals surface area contributed by atoms with E-state index in [9.17, 15) is 5.26 Å². The fourth-order valence-corrected chi connectivity index (χ4v) is 3.23. The lowest BCUT2D eigenvalue weighted by molar-refractivity contribution is 0.425. The molecule has 0 amide bonds. The molecule has 1 aromatic carbocycles. The molecule has 1 aliphatic carbocycles. The zero-order valence-corrected chi connectivity index (χ0v) is 13.9. The van der Waals surface area contributed by atoms with Gasteiger partial charge in [-0.1, -0.05) is 38.3 Å². The van der Waals surface area contributed by atoms with E-state index in [1.54, 1.807) is 4.80 Å². The molecule has 2 aromatic rings. The second-order valence-corrected chi connectivity index (χ2v) is 6.20. The number of aromatic nitrogens is 3. The quantitative estimate of drug-likeness (QED) is 0.867. The maximum absolute atomic E-state index is 9.42. The van der Waals surface area contributed by atoms with Gasteiger partial charge >= 0.3 is 0 Å². The largest absolute Gasteiger partial charge is 0.353 e. The van der Waals surface area contributed by atoms with Crippen molar-refractivity contribution in [1.82, 2.24) is 15.0 Å². The molecule has 1 aromatic heterocycles. The van der Waals surface area contributed by atoms with E-state index in [1.165, 1.54) is 37.7 Å². The molecular formula is C18H23N5. The van der Waals surface area contributed by atoms with Crippen molar-refractivity contribution in [3.05, 3.63) is 35.5 Å². The van der Waals surface area contributed by atoms with E-state index < -0.39 is 0 Å². The summed E-state index contributed by atoms with van der Waals surface area (Å²) in [7, 11) is 2.03. The first-order chi connectivity index (χ1) is 11.2. The summed E-state index contributed by atoms with van der Waals surface area (Å²) >= 11 is 0. The van der Waals surface area contributed by atoms with Crippen LogP contribution in [0.25, 0.3) is 5.69 Å². The zero-order valence-electron chi connectivity index (χ0n) is 13.9. The molecular weight excluding hydrogens is 286 g/mol. The zero-order chi connectivity index (χ0) is 16.2. The number of benzene rings is 1. The Bertz CT molecular complexity index is 689. The Morgan fingerprint density at radius 1 is 1.17 bits per heavy atom. The minimum absolute atomic E-state index is 0.401. The van der Waals surface area contributed by atoms with Crippen molar-refractivity contribution >= 4 is 5.82 Å². The van der Waals surface area contributed by atoms with E-state index in [1.807, 2.05) is 19.2 Å². The highest BCUT2D eigenvalue weighted by Crippen LogP contribution is 2.26. The molecule has 5 nitrogen and oxygen atoms in total. The number of hydrogen-bond acceptors (Lipinski definition) is 4. The Hall–Kier alpha value is -2.35. The number of anilines is 1. The van der Waals surface area contributed by atoms with Crippen LogP contribution in [0, 0.1) is 11.3 Å². The van der Waals surface area contributed by atoms with E-state index in [-0.39, 0.29) is 0 Å². The predicted octanol–water partition coefficient (Wildman–Crippen LogP) is 3.47. The molecule has 1 heterocycles. The number of aryl methyl sites for hydroxylation is 1. The average molecular weight is 309 g/mol. The summed E-state index contributed by atoms with van der Waals surface area (Å²) in [5, 5.41) is 18.4. The molecule has 0 atom stereocenters. The molecule has 0 saturated heterocycles. The van der Waals surface area contributed by atoms with Crippen LogP contribution in [0.4, 0.5) is 5.82 Å². The van der Waals surface area contributed by atoms with Crippen LogP contribution in [-0.2, 0) is 6.42 Å². The van der Waals surface area contributed by atoms with Crippen molar-refractivity contribution in [3.63, 3.8) is 0 Å². The van der Waals surface area contributed by atoms with Gasteiger partial charge in [0.1, 0.15) is 6.07 Å². The van der Waals surface area contributed by atoms with Crippen molar-refractivity contribution in [3.8, 4) is 11.8 Å². The van der Waals surface area contributed by atoms with E-state index in [0.717, 1.165) is 12.1 Å². The Morgan fingerprint density at radius 3 is 2.48 bits per heavy atom. The van der Waals surface area contributed by atoms with Crippen molar-refractivity contribution in [2.45, 2.75) is 51.5 Å². The highest BCUT2D eigenvalue weighted by molar-refractivity contribution is 5.50. The SMILES string of the molecule is CCc1ccc(-n2nc(C#N)c(N(C)C3CCCCC3)n2)cc1. The molecule has 0 bridgehead atoms. The molecule has 23 heavy (non-hydrogen) atoms. The third kappa shape index (κ3) is 3.21. The highest BCUT2D eigenvalue weighted by atomic mass is 15.5. The molecule has 0 radical (unpaired) electrons. The van der Waals surface area contributed by atoms with Gasteiger partial charge in [-0.25, -0.2) is 0 Å². The van der Waals surface area contributed by atoms with Gasteiger partial charge in [0.15, 0.2) is 5.82 Å². The van der Waals surface area contributed by atoms with Crippen LogP contribution < -0.4 is 4.90 Å². The second-order valence-electron chi connectivity index (χ2n) is 6.20. The third-order valence-corrected chi connectivity index (χ3v) is 4.73. The van der Waals surface area contributed by atoms with Crippen LogP contribution >= 0.6 is 0 Å². The molecule has 1 aliphatic rings. The molecule has 0 spiro atoms. The standard InChI is InChI=1S/C18H23N5/c1-3-14-9-11-16(12-10-14)23-20-17(13-19)18(21-23)22(2)15-7-5-4-6-8-15/h9-12,15H,3-8H2,1-2H3. The molecule has 0 unspecified atom stereocenters. The lowest BCUT2D eigenvalue weighted by Gasteiger charge is -2.31. The van der Waals surface area contributed by atoms with E-state index >= 15 is 0 Å². The van der Waals surface area contributed by atoms with E-state index in [2.05, 4.69) is 40.2 Å². The van der Waals surface area contributed by atoms with Crippen molar-refractivity contribution in [1.29, 1.82) is 5.26 Å². The minimum atomic E-state index is 0.401. The van der Waals surface area contributed by atoms with Gasteiger partial charge in [0, 0.05) is 13.1 Å². The Balaban J connectivity index is 1.89. The Morgan fingerprint density at radius 2 is 1.87 bits per heavy atom. The first-order valence-electron chi connectivity index (χ1n) is 8.42. The summed E-state index contributed by atoms with van der Waals surface area (Å²) in [4.78, 5) is 3.72. The maximum atomic E-state index is 9.42. The van der Waals surface area contributed by atoms with Crippen LogP contribution in [0.1, 0.15) is 50.3 Å². The minimum Gasteiger partial charge on any atom is -0.353 e. The van der Waals surface area contributed by atoms with Crippen LogP contribution in [0.3, 0.4) is 0 Å². The highest BCUT2D eigenvalue weighted by Gasteiger charge is 2.24. The van der Waals surface area contributed by atoms with Crippen molar-refractivity contribution in [2.75, 3.05) is 11.9 Å². The van der Waals surface area contributed by atoms with Gasteiger partial charge in [0.2, 0.25) is 5.69 Å². The summed E-state index contributed by atoms with van der Waals surface area (Å²) in [6, 6.07) is 10.8. The van der Waals surface area contributed by atoms with Crippen molar-refractivity contribution in [2.24, 2.45) is 0 Å². The molecule has 5 heteroatoms. The number of nitriles is 1. The molecule has 1 saturated carbocycles.